The fourth-order valence-electron chi connectivity index (χ4n) is 2.86. The molecule has 5 nitrogen and oxygen atoms in total. The van der Waals surface area contributed by atoms with Crippen LogP contribution in [0.2, 0.25) is 0 Å². The number of carbonyl (C=O) groups excluding carboxylic acids is 1. The quantitative estimate of drug-likeness (QED) is 0.285. The van der Waals surface area contributed by atoms with Gasteiger partial charge in [-0.25, -0.2) is 0 Å². The minimum atomic E-state index is -0.884. The lowest BCUT2D eigenvalue weighted by molar-refractivity contribution is -0.137. The molecule has 0 aliphatic heterocycles. The van der Waals surface area contributed by atoms with Crippen molar-refractivity contribution in [3.05, 3.63) is 71.8 Å². The summed E-state index contributed by atoms with van der Waals surface area (Å²) in [4.78, 5) is 23.0. The third-order valence-corrected chi connectivity index (χ3v) is 5.68. The van der Waals surface area contributed by atoms with Crippen LogP contribution in [0, 0.1) is 0 Å². The van der Waals surface area contributed by atoms with Crippen LogP contribution in [0.4, 0.5) is 0 Å². The molecular formula is C23H26O5S. The van der Waals surface area contributed by atoms with Gasteiger partial charge in [0.15, 0.2) is 5.78 Å². The first kappa shape index (κ1) is 22.7. The zero-order chi connectivity index (χ0) is 21.2. The van der Waals surface area contributed by atoms with Crippen molar-refractivity contribution < 1.29 is 24.9 Å². The summed E-state index contributed by atoms with van der Waals surface area (Å²) in [6.07, 6.45) is 4.63. The number of phenols is 1. The van der Waals surface area contributed by atoms with E-state index in [1.807, 2.05) is 42.5 Å². The van der Waals surface area contributed by atoms with E-state index in [0.29, 0.717) is 19.3 Å². The zero-order valence-electron chi connectivity index (χ0n) is 16.3. The molecule has 0 amide bonds. The molecule has 0 heterocycles. The molecule has 3 N–H and O–H groups in total. The number of carbonyl (C=O) groups is 2. The van der Waals surface area contributed by atoms with Gasteiger partial charge in [-0.1, -0.05) is 42.5 Å². The molecule has 0 spiro atoms. The molecule has 6 heteroatoms. The van der Waals surface area contributed by atoms with Crippen LogP contribution in [0.15, 0.2) is 65.6 Å². The second kappa shape index (κ2) is 11.4. The van der Waals surface area contributed by atoms with E-state index >= 15 is 0 Å². The number of aliphatic hydroxyl groups excluding tert-OH is 1. The van der Waals surface area contributed by atoms with E-state index in [4.69, 9.17) is 5.11 Å². The summed E-state index contributed by atoms with van der Waals surface area (Å²) in [5.41, 5.74) is 1.41. The maximum absolute atomic E-state index is 11.5. The monoisotopic (exact) mass is 414 g/mol. The van der Waals surface area contributed by atoms with Crippen LogP contribution in [0.1, 0.15) is 42.1 Å². The molecule has 2 atom stereocenters. The molecule has 0 aliphatic carbocycles. The van der Waals surface area contributed by atoms with E-state index in [1.54, 1.807) is 12.1 Å². The number of hydrogen-bond donors (Lipinski definition) is 3. The average Bonchev–Trinajstić information content (AvgIpc) is 2.67. The lowest BCUT2D eigenvalue weighted by Crippen LogP contribution is -2.21. The summed E-state index contributed by atoms with van der Waals surface area (Å²) >= 11 is 1.37. The minimum Gasteiger partial charge on any atom is -0.507 e. The summed E-state index contributed by atoms with van der Waals surface area (Å²) in [6, 6.07) is 14.8. The van der Waals surface area contributed by atoms with Gasteiger partial charge in [0.25, 0.3) is 0 Å². The van der Waals surface area contributed by atoms with Gasteiger partial charge in [0, 0.05) is 11.3 Å². The fourth-order valence-corrected chi connectivity index (χ4v) is 3.99. The Morgan fingerprint density at radius 3 is 2.48 bits per heavy atom. The number of carboxylic acid groups (broad SMARTS) is 1. The number of hydrogen-bond acceptors (Lipinski definition) is 5. The Balaban J connectivity index is 2.11. The third-order valence-electron chi connectivity index (χ3n) is 4.41. The molecule has 0 unspecified atom stereocenters. The van der Waals surface area contributed by atoms with Crippen LogP contribution in [0.3, 0.4) is 0 Å². The topological polar surface area (TPSA) is 94.8 Å². The number of benzene rings is 2. The highest BCUT2D eigenvalue weighted by molar-refractivity contribution is 8.00. The molecule has 2 rings (SSSR count). The normalized spacial score (nSPS) is 13.3. The zero-order valence-corrected chi connectivity index (χ0v) is 17.1. The van der Waals surface area contributed by atoms with Crippen molar-refractivity contribution in [2.45, 2.75) is 48.9 Å². The van der Waals surface area contributed by atoms with Crippen LogP contribution in [0.5, 0.6) is 5.75 Å². The fraction of sp³-hybridized carbons (Fsp3) is 0.304. The first-order valence-electron chi connectivity index (χ1n) is 9.48. The number of allylic oxidation sites excluding steroid dienone is 1. The van der Waals surface area contributed by atoms with Crippen molar-refractivity contribution in [3.8, 4) is 5.75 Å². The van der Waals surface area contributed by atoms with Crippen molar-refractivity contribution in [1.29, 1.82) is 0 Å². The van der Waals surface area contributed by atoms with Crippen molar-refractivity contribution in [3.63, 3.8) is 0 Å². The van der Waals surface area contributed by atoms with Crippen LogP contribution in [0.25, 0.3) is 0 Å². The highest BCUT2D eigenvalue weighted by Crippen LogP contribution is 2.32. The van der Waals surface area contributed by atoms with Crippen molar-refractivity contribution >= 4 is 23.5 Å². The Hall–Kier alpha value is -2.57. The predicted octanol–water partition coefficient (Wildman–Crippen LogP) is 4.47. The number of aliphatic hydroxyl groups is 1. The summed E-state index contributed by atoms with van der Waals surface area (Å²) in [5.74, 6) is -1.19. The summed E-state index contributed by atoms with van der Waals surface area (Å²) in [7, 11) is 0. The van der Waals surface area contributed by atoms with Gasteiger partial charge < -0.3 is 15.3 Å². The van der Waals surface area contributed by atoms with Crippen LogP contribution in [-0.4, -0.2) is 38.4 Å². The molecule has 0 aromatic heterocycles. The van der Waals surface area contributed by atoms with E-state index < -0.39 is 12.1 Å². The van der Waals surface area contributed by atoms with Crippen LogP contribution >= 0.6 is 11.8 Å². The predicted molar refractivity (Wildman–Crippen MR) is 115 cm³/mol. The molecule has 0 fully saturated rings. The Morgan fingerprint density at radius 1 is 1.14 bits per heavy atom. The van der Waals surface area contributed by atoms with E-state index in [-0.39, 0.29) is 28.8 Å². The Kier molecular flexibility index (Phi) is 8.96. The largest absolute Gasteiger partial charge is 0.507 e. The van der Waals surface area contributed by atoms with Gasteiger partial charge in [0.05, 0.1) is 16.9 Å². The van der Waals surface area contributed by atoms with E-state index in [0.717, 1.165) is 10.5 Å². The second-order valence-electron chi connectivity index (χ2n) is 6.79. The summed E-state index contributed by atoms with van der Waals surface area (Å²) < 4.78 is 0. The Morgan fingerprint density at radius 2 is 1.86 bits per heavy atom. The van der Waals surface area contributed by atoms with Gasteiger partial charge in [0.1, 0.15) is 5.75 Å². The average molecular weight is 415 g/mol. The number of Topliss-reactive ketones (excluding diaryl/α,β-unsaturated/α-hetero) is 1. The summed E-state index contributed by atoms with van der Waals surface area (Å²) in [5, 5.41) is 29.2. The molecular weight excluding hydrogens is 388 g/mol. The first-order chi connectivity index (χ1) is 13.9. The number of phenolic OH excluding ortho intramolecular Hbond substituents is 1. The van der Waals surface area contributed by atoms with Gasteiger partial charge in [-0.3, -0.25) is 9.59 Å². The van der Waals surface area contributed by atoms with E-state index in [1.165, 1.54) is 24.8 Å². The van der Waals surface area contributed by atoms with Crippen molar-refractivity contribution in [2.75, 3.05) is 0 Å². The maximum Gasteiger partial charge on any atom is 0.303 e. The maximum atomic E-state index is 11.5. The van der Waals surface area contributed by atoms with E-state index in [2.05, 4.69) is 0 Å². The van der Waals surface area contributed by atoms with Gasteiger partial charge in [-0.2, -0.15) is 0 Å². The third kappa shape index (κ3) is 7.75. The second-order valence-corrected chi connectivity index (χ2v) is 8.04. The number of thioether (sulfide) groups is 1. The number of aromatic hydroxyl groups is 1. The highest BCUT2D eigenvalue weighted by Gasteiger charge is 2.19. The van der Waals surface area contributed by atoms with Gasteiger partial charge in [0.2, 0.25) is 0 Å². The van der Waals surface area contributed by atoms with Crippen molar-refractivity contribution in [1.82, 2.24) is 0 Å². The molecule has 154 valence electrons. The Labute approximate surface area is 175 Å². The molecule has 0 aliphatic rings. The SMILES string of the molecule is CC(=O)c1ccc(S[C@@H](/C=C\Cc2ccccc2)[C@H](O)CCCC(=O)O)cc1O. The van der Waals surface area contributed by atoms with Gasteiger partial charge in [-0.05, 0) is 49.9 Å². The molecule has 2 aromatic carbocycles. The molecule has 0 saturated carbocycles. The van der Waals surface area contributed by atoms with Gasteiger partial charge in [-0.15, -0.1) is 11.8 Å². The first-order valence-corrected chi connectivity index (χ1v) is 10.4. The van der Waals surface area contributed by atoms with Crippen molar-refractivity contribution in [2.24, 2.45) is 0 Å². The van der Waals surface area contributed by atoms with Crippen LogP contribution in [-0.2, 0) is 11.2 Å². The highest BCUT2D eigenvalue weighted by atomic mass is 32.2. The number of rotatable bonds is 11. The number of aliphatic carboxylic acids is 1. The lowest BCUT2D eigenvalue weighted by atomic mass is 10.1. The molecule has 29 heavy (non-hydrogen) atoms. The molecule has 0 saturated heterocycles. The standard InChI is InChI=1S/C23H26O5S/c1-16(24)19-14-13-18(15-21(19)26)29-22(20(25)10-6-12-23(27)28)11-5-9-17-7-3-2-4-8-17/h2-5,7-8,11,13-15,20,22,25-26H,6,9-10,12H2,1H3,(H,27,28)/b11-5-/t20-,22+/m1/s1. The van der Waals surface area contributed by atoms with E-state index in [9.17, 15) is 19.8 Å². The minimum absolute atomic E-state index is 0.0102. The molecule has 2 aromatic rings. The van der Waals surface area contributed by atoms with Crippen LogP contribution < -0.4 is 0 Å². The Bertz CT molecular complexity index is 848. The molecule has 0 radical (unpaired) electrons. The van der Waals surface area contributed by atoms with Gasteiger partial charge >= 0.3 is 5.97 Å². The smallest absolute Gasteiger partial charge is 0.303 e. The number of carboxylic acids is 1. The molecule has 0 bridgehead atoms. The lowest BCUT2D eigenvalue weighted by Gasteiger charge is -2.20. The number of ketones is 1. The summed E-state index contributed by atoms with van der Waals surface area (Å²) in [6.45, 7) is 1.39.